The summed E-state index contributed by atoms with van der Waals surface area (Å²) >= 11 is 1.49. The number of aliphatic imine (C=N–C) groups is 1. The van der Waals surface area contributed by atoms with Gasteiger partial charge >= 0.3 is 0 Å². The maximum atomic E-state index is 5.80. The molecule has 2 heterocycles. The Hall–Kier alpha value is -1.82. The molecular weight excluding hydrogens is 515 g/mol. The van der Waals surface area contributed by atoms with Crippen molar-refractivity contribution in [3.05, 3.63) is 30.1 Å². The maximum Gasteiger partial charge on any atom is 0.205 e. The number of nitrogens with one attached hydrogen (secondary N) is 1. The van der Waals surface area contributed by atoms with Gasteiger partial charge in [-0.2, -0.15) is 4.37 Å². The highest BCUT2D eigenvalue weighted by Gasteiger charge is 2.21. The fourth-order valence-corrected chi connectivity index (χ4v) is 3.86. The second-order valence-corrected chi connectivity index (χ2v) is 7.31. The fourth-order valence-electron chi connectivity index (χ4n) is 3.06. The molecule has 8 nitrogen and oxygen atoms in total. The molecule has 10 heteroatoms. The van der Waals surface area contributed by atoms with Crippen molar-refractivity contribution in [1.82, 2.24) is 19.6 Å². The highest BCUT2D eigenvalue weighted by molar-refractivity contribution is 14.0. The number of halogens is 1. The second kappa shape index (κ2) is 12.8. The quantitative estimate of drug-likeness (QED) is 0.236. The molecule has 1 aliphatic rings. The number of aryl methyl sites for hydroxylation is 1. The Morgan fingerprint density at radius 3 is 2.63 bits per heavy atom. The zero-order chi connectivity index (χ0) is 20.5. The van der Waals surface area contributed by atoms with Gasteiger partial charge in [0.15, 0.2) is 5.96 Å². The van der Waals surface area contributed by atoms with Gasteiger partial charge in [-0.1, -0.05) is 13.0 Å². The van der Waals surface area contributed by atoms with E-state index >= 15 is 0 Å². The summed E-state index contributed by atoms with van der Waals surface area (Å²) in [6, 6.07) is 7.63. The van der Waals surface area contributed by atoms with Crippen LogP contribution >= 0.6 is 35.5 Å². The minimum absolute atomic E-state index is 0. The summed E-state index contributed by atoms with van der Waals surface area (Å²) in [4.78, 5) is 14.0. The minimum Gasteiger partial charge on any atom is -0.497 e. The average Bonchev–Trinajstić information content (AvgIpc) is 3.25. The lowest BCUT2D eigenvalue weighted by Gasteiger charge is -2.36. The van der Waals surface area contributed by atoms with Gasteiger partial charge in [-0.25, -0.2) is 9.98 Å². The molecular formula is C20H31IN6O2S. The molecule has 166 valence electrons. The van der Waals surface area contributed by atoms with E-state index in [9.17, 15) is 0 Å². The fraction of sp³-hybridized carbons (Fsp3) is 0.550. The lowest BCUT2D eigenvalue weighted by atomic mass is 10.3. The van der Waals surface area contributed by atoms with Crippen LogP contribution in [0.1, 0.15) is 19.7 Å². The van der Waals surface area contributed by atoms with Crippen LogP contribution in [-0.4, -0.2) is 73.2 Å². The van der Waals surface area contributed by atoms with Gasteiger partial charge < -0.3 is 24.6 Å². The van der Waals surface area contributed by atoms with E-state index in [4.69, 9.17) is 14.5 Å². The minimum atomic E-state index is 0. The van der Waals surface area contributed by atoms with E-state index < -0.39 is 0 Å². The summed E-state index contributed by atoms with van der Waals surface area (Å²) in [6.45, 7) is 9.78. The Balaban J connectivity index is 0.00000320. The Labute approximate surface area is 199 Å². The summed E-state index contributed by atoms with van der Waals surface area (Å²) < 4.78 is 15.4. The van der Waals surface area contributed by atoms with E-state index in [-0.39, 0.29) is 24.0 Å². The van der Waals surface area contributed by atoms with Gasteiger partial charge in [0.2, 0.25) is 5.13 Å². The second-order valence-electron chi connectivity index (χ2n) is 6.58. The topological polar surface area (TPSA) is 75.1 Å². The van der Waals surface area contributed by atoms with Crippen molar-refractivity contribution < 1.29 is 9.47 Å². The maximum absolute atomic E-state index is 5.80. The number of benzene rings is 1. The standard InChI is InChI=1S/C20H30N6O2S.HI/c1-4-18-23-20(29-24-18)26-12-10-25(11-13-26)19(21-5-2)22-9-14-28-17-8-6-7-16(15-17)27-3;/h6-8,15H,4-5,9-14H2,1-3H3,(H,21,22);1H. The van der Waals surface area contributed by atoms with Crippen molar-refractivity contribution in [1.29, 1.82) is 0 Å². The van der Waals surface area contributed by atoms with Gasteiger partial charge in [-0.3, -0.25) is 0 Å². The summed E-state index contributed by atoms with van der Waals surface area (Å²) in [5.41, 5.74) is 0. The molecule has 1 saturated heterocycles. The van der Waals surface area contributed by atoms with Crippen molar-refractivity contribution in [3.8, 4) is 11.5 Å². The van der Waals surface area contributed by atoms with Crippen LogP contribution in [0.25, 0.3) is 0 Å². The summed E-state index contributed by atoms with van der Waals surface area (Å²) in [5, 5.41) is 4.42. The van der Waals surface area contributed by atoms with Crippen LogP contribution in [0.4, 0.5) is 5.13 Å². The van der Waals surface area contributed by atoms with E-state index in [1.807, 2.05) is 24.3 Å². The molecule has 0 aliphatic carbocycles. The first kappa shape index (κ1) is 24.4. The molecule has 1 aliphatic heterocycles. The molecule has 30 heavy (non-hydrogen) atoms. The highest BCUT2D eigenvalue weighted by Crippen LogP contribution is 2.20. The zero-order valence-electron chi connectivity index (χ0n) is 17.8. The van der Waals surface area contributed by atoms with Crippen molar-refractivity contribution in [2.45, 2.75) is 20.3 Å². The molecule has 1 fully saturated rings. The molecule has 0 amide bonds. The molecule has 1 aromatic heterocycles. The summed E-state index contributed by atoms with van der Waals surface area (Å²) in [5.74, 6) is 3.45. The number of nitrogens with zero attached hydrogens (tertiary/aromatic N) is 5. The largest absolute Gasteiger partial charge is 0.497 e. The number of aromatic nitrogens is 2. The van der Waals surface area contributed by atoms with Crippen LogP contribution in [-0.2, 0) is 6.42 Å². The van der Waals surface area contributed by atoms with E-state index in [1.165, 1.54) is 11.5 Å². The van der Waals surface area contributed by atoms with Crippen molar-refractivity contribution in [3.63, 3.8) is 0 Å². The predicted octanol–water partition coefficient (Wildman–Crippen LogP) is 2.89. The third kappa shape index (κ3) is 6.86. The van der Waals surface area contributed by atoms with Crippen LogP contribution in [0.5, 0.6) is 11.5 Å². The van der Waals surface area contributed by atoms with Gasteiger partial charge in [-0.05, 0) is 19.1 Å². The lowest BCUT2D eigenvalue weighted by Crippen LogP contribution is -2.52. The first-order valence-electron chi connectivity index (χ1n) is 10.1. The molecule has 0 bridgehead atoms. The van der Waals surface area contributed by atoms with Crippen molar-refractivity contribution in [2.24, 2.45) is 4.99 Å². The van der Waals surface area contributed by atoms with Gasteiger partial charge in [0.25, 0.3) is 0 Å². The van der Waals surface area contributed by atoms with E-state index in [0.29, 0.717) is 13.2 Å². The average molecular weight is 546 g/mol. The smallest absolute Gasteiger partial charge is 0.205 e. The van der Waals surface area contributed by atoms with Gasteiger partial charge in [0.1, 0.15) is 23.9 Å². The normalized spacial score (nSPS) is 14.3. The SMILES string of the molecule is CCNC(=NCCOc1cccc(OC)c1)N1CCN(c2nc(CC)ns2)CC1.I. The van der Waals surface area contributed by atoms with Gasteiger partial charge in [0.05, 0.1) is 13.7 Å². The molecule has 2 aromatic rings. The van der Waals surface area contributed by atoms with Crippen molar-refractivity contribution in [2.75, 3.05) is 57.9 Å². The summed E-state index contributed by atoms with van der Waals surface area (Å²) in [6.07, 6.45) is 0.880. The number of piperazine rings is 1. The Kier molecular flexibility index (Phi) is 10.4. The predicted molar refractivity (Wildman–Crippen MR) is 133 cm³/mol. The molecule has 1 aromatic carbocycles. The first-order valence-corrected chi connectivity index (χ1v) is 10.9. The molecule has 0 saturated carbocycles. The molecule has 0 spiro atoms. The molecule has 0 atom stereocenters. The van der Waals surface area contributed by atoms with Crippen LogP contribution in [0.2, 0.25) is 0 Å². The Morgan fingerprint density at radius 2 is 1.97 bits per heavy atom. The molecule has 0 radical (unpaired) electrons. The van der Waals surface area contributed by atoms with E-state index in [0.717, 1.165) is 67.6 Å². The zero-order valence-corrected chi connectivity index (χ0v) is 21.0. The van der Waals surface area contributed by atoms with Gasteiger partial charge in [0, 0.05) is 56.7 Å². The number of guanidine groups is 1. The Bertz CT molecular complexity index is 795. The third-order valence-electron chi connectivity index (χ3n) is 4.62. The number of anilines is 1. The van der Waals surface area contributed by atoms with Crippen LogP contribution < -0.4 is 19.7 Å². The Morgan fingerprint density at radius 1 is 1.20 bits per heavy atom. The van der Waals surface area contributed by atoms with Crippen LogP contribution in [0.3, 0.4) is 0 Å². The van der Waals surface area contributed by atoms with Crippen molar-refractivity contribution >= 4 is 46.6 Å². The molecule has 3 rings (SSSR count). The van der Waals surface area contributed by atoms with E-state index in [1.54, 1.807) is 7.11 Å². The number of methoxy groups -OCH3 is 1. The lowest BCUT2D eigenvalue weighted by molar-refractivity contribution is 0.322. The number of ether oxygens (including phenoxy) is 2. The molecule has 0 unspecified atom stereocenters. The number of hydrogen-bond acceptors (Lipinski definition) is 7. The number of hydrogen-bond donors (Lipinski definition) is 1. The third-order valence-corrected chi connectivity index (χ3v) is 5.44. The first-order chi connectivity index (χ1) is 14.2. The summed E-state index contributed by atoms with van der Waals surface area (Å²) in [7, 11) is 1.65. The van der Waals surface area contributed by atoms with Gasteiger partial charge in [-0.15, -0.1) is 24.0 Å². The molecule has 1 N–H and O–H groups in total. The number of rotatable bonds is 8. The van der Waals surface area contributed by atoms with E-state index in [2.05, 4.69) is 38.3 Å². The monoisotopic (exact) mass is 546 g/mol. The van der Waals surface area contributed by atoms with Crippen LogP contribution in [0, 0.1) is 0 Å². The highest BCUT2D eigenvalue weighted by atomic mass is 127. The van der Waals surface area contributed by atoms with Crippen LogP contribution in [0.15, 0.2) is 29.3 Å².